The standard InChI is InChI=1S/C26H26N4O4/c1-5-33-25(31)23-13(3)22(20-12-18-16(30-20)8-10-28-18)24(26(32)34-6-2)14(4)21(23)19-11-17-15(29-19)7-9-27-17/h7-12,27-30H,5-6H2,1-4H3. The molecule has 0 aliphatic heterocycles. The molecular weight excluding hydrogens is 432 g/mol. The summed E-state index contributed by atoms with van der Waals surface area (Å²) in [7, 11) is 0. The lowest BCUT2D eigenvalue weighted by atomic mass is 9.85. The Labute approximate surface area is 195 Å². The molecule has 8 nitrogen and oxygen atoms in total. The van der Waals surface area contributed by atoms with Crippen molar-refractivity contribution in [3.05, 3.63) is 58.9 Å². The number of rotatable bonds is 6. The summed E-state index contributed by atoms with van der Waals surface area (Å²) in [5.74, 6) is -0.879. The number of aromatic nitrogens is 4. The molecular formula is C26H26N4O4. The molecule has 0 aliphatic carbocycles. The molecule has 0 bridgehead atoms. The van der Waals surface area contributed by atoms with Gasteiger partial charge in [0.05, 0.1) is 46.4 Å². The molecule has 0 aliphatic rings. The third-order valence-electron chi connectivity index (χ3n) is 6.17. The lowest BCUT2D eigenvalue weighted by molar-refractivity contribution is 0.0511. The van der Waals surface area contributed by atoms with Gasteiger partial charge in [0.15, 0.2) is 0 Å². The molecule has 0 amide bonds. The molecule has 0 saturated carbocycles. The minimum absolute atomic E-state index is 0.239. The van der Waals surface area contributed by atoms with Crippen LogP contribution < -0.4 is 0 Å². The Morgan fingerprint density at radius 2 is 1.12 bits per heavy atom. The van der Waals surface area contributed by atoms with Crippen molar-refractivity contribution in [2.45, 2.75) is 27.7 Å². The maximum Gasteiger partial charge on any atom is 0.339 e. The van der Waals surface area contributed by atoms with E-state index in [4.69, 9.17) is 9.47 Å². The predicted molar refractivity (Wildman–Crippen MR) is 131 cm³/mol. The van der Waals surface area contributed by atoms with Crippen molar-refractivity contribution in [3.8, 4) is 22.5 Å². The Morgan fingerprint density at radius 3 is 1.47 bits per heavy atom. The number of hydrogen-bond acceptors (Lipinski definition) is 4. The van der Waals surface area contributed by atoms with Gasteiger partial charge < -0.3 is 29.4 Å². The summed E-state index contributed by atoms with van der Waals surface area (Å²) >= 11 is 0. The zero-order chi connectivity index (χ0) is 24.0. The molecule has 34 heavy (non-hydrogen) atoms. The van der Waals surface area contributed by atoms with Gasteiger partial charge in [0.2, 0.25) is 0 Å². The van der Waals surface area contributed by atoms with Gasteiger partial charge in [-0.1, -0.05) is 0 Å². The van der Waals surface area contributed by atoms with Crippen molar-refractivity contribution in [2.24, 2.45) is 0 Å². The number of nitrogens with one attached hydrogen (secondary N) is 4. The largest absolute Gasteiger partial charge is 0.462 e. The van der Waals surface area contributed by atoms with Gasteiger partial charge in [-0.3, -0.25) is 0 Å². The number of ether oxygens (including phenoxy) is 2. The Bertz CT molecular complexity index is 1370. The number of H-pyrrole nitrogens is 4. The highest BCUT2D eigenvalue weighted by molar-refractivity contribution is 6.09. The van der Waals surface area contributed by atoms with Crippen LogP contribution in [-0.4, -0.2) is 45.1 Å². The quantitative estimate of drug-likeness (QED) is 0.248. The van der Waals surface area contributed by atoms with Crippen LogP contribution in [0.5, 0.6) is 0 Å². The summed E-state index contributed by atoms with van der Waals surface area (Å²) in [6.45, 7) is 7.72. The zero-order valence-corrected chi connectivity index (χ0v) is 19.5. The summed E-state index contributed by atoms with van der Waals surface area (Å²) in [5.41, 5.74) is 8.45. The van der Waals surface area contributed by atoms with Crippen LogP contribution in [0.1, 0.15) is 45.7 Å². The third kappa shape index (κ3) is 3.30. The van der Waals surface area contributed by atoms with E-state index in [1.165, 1.54) is 0 Å². The fourth-order valence-corrected chi connectivity index (χ4v) is 4.73. The smallest absolute Gasteiger partial charge is 0.339 e. The third-order valence-corrected chi connectivity index (χ3v) is 6.17. The maximum atomic E-state index is 13.3. The first-order valence-electron chi connectivity index (χ1n) is 11.3. The van der Waals surface area contributed by atoms with Gasteiger partial charge in [-0.25, -0.2) is 9.59 Å². The minimum atomic E-state index is -0.440. The molecule has 0 radical (unpaired) electrons. The van der Waals surface area contributed by atoms with Crippen molar-refractivity contribution < 1.29 is 19.1 Å². The van der Waals surface area contributed by atoms with Gasteiger partial charge in [-0.2, -0.15) is 0 Å². The molecule has 0 spiro atoms. The van der Waals surface area contributed by atoms with Crippen LogP contribution >= 0.6 is 0 Å². The van der Waals surface area contributed by atoms with Gasteiger partial charge >= 0.3 is 11.9 Å². The normalized spacial score (nSPS) is 11.4. The van der Waals surface area contributed by atoms with Crippen molar-refractivity contribution >= 4 is 34.0 Å². The van der Waals surface area contributed by atoms with Crippen molar-refractivity contribution in [2.75, 3.05) is 13.2 Å². The van der Waals surface area contributed by atoms with Crippen LogP contribution in [0.25, 0.3) is 44.6 Å². The average Bonchev–Trinajstić information content (AvgIpc) is 3.55. The number of carbonyl (C=O) groups is 2. The Morgan fingerprint density at radius 1 is 0.706 bits per heavy atom. The molecule has 4 heterocycles. The van der Waals surface area contributed by atoms with E-state index in [1.54, 1.807) is 13.8 Å². The van der Waals surface area contributed by atoms with E-state index < -0.39 is 11.9 Å². The topological polar surface area (TPSA) is 116 Å². The number of fused-ring (bicyclic) bond motifs is 2. The maximum absolute atomic E-state index is 13.3. The van der Waals surface area contributed by atoms with Crippen molar-refractivity contribution in [3.63, 3.8) is 0 Å². The number of esters is 2. The molecule has 4 aromatic heterocycles. The second-order valence-corrected chi connectivity index (χ2v) is 8.17. The fraction of sp³-hybridized carbons (Fsp3) is 0.231. The number of carbonyl (C=O) groups excluding carboxylic acids is 2. The molecule has 174 valence electrons. The van der Waals surface area contributed by atoms with E-state index in [0.29, 0.717) is 33.4 Å². The molecule has 4 N–H and O–H groups in total. The van der Waals surface area contributed by atoms with E-state index in [2.05, 4.69) is 19.9 Å². The number of aromatic amines is 4. The fourth-order valence-electron chi connectivity index (χ4n) is 4.73. The van der Waals surface area contributed by atoms with E-state index >= 15 is 0 Å². The highest BCUT2D eigenvalue weighted by Crippen LogP contribution is 2.41. The van der Waals surface area contributed by atoms with E-state index in [1.807, 2.05) is 50.5 Å². The predicted octanol–water partition coefficient (Wildman–Crippen LogP) is 5.61. The molecule has 0 unspecified atom stereocenters. The first kappa shape index (κ1) is 21.6. The summed E-state index contributed by atoms with van der Waals surface area (Å²) in [6, 6.07) is 7.72. The summed E-state index contributed by atoms with van der Waals surface area (Å²) in [6.07, 6.45) is 3.69. The highest BCUT2D eigenvalue weighted by atomic mass is 16.5. The molecule has 0 atom stereocenters. The molecule has 0 saturated heterocycles. The van der Waals surface area contributed by atoms with Gasteiger partial charge in [0, 0.05) is 34.9 Å². The van der Waals surface area contributed by atoms with E-state index in [9.17, 15) is 9.59 Å². The lowest BCUT2D eigenvalue weighted by Crippen LogP contribution is -2.17. The molecule has 5 aromatic rings. The van der Waals surface area contributed by atoms with Crippen LogP contribution in [0.4, 0.5) is 0 Å². The van der Waals surface area contributed by atoms with Crippen molar-refractivity contribution in [1.82, 2.24) is 19.9 Å². The van der Waals surface area contributed by atoms with Crippen LogP contribution in [0.3, 0.4) is 0 Å². The van der Waals surface area contributed by atoms with Crippen LogP contribution in [0.2, 0.25) is 0 Å². The second kappa shape index (κ2) is 8.30. The van der Waals surface area contributed by atoms with Gasteiger partial charge in [0.1, 0.15) is 0 Å². The monoisotopic (exact) mass is 458 g/mol. The summed E-state index contributed by atoms with van der Waals surface area (Å²) in [4.78, 5) is 39.7. The van der Waals surface area contributed by atoms with Crippen LogP contribution in [0, 0.1) is 13.8 Å². The van der Waals surface area contributed by atoms with Crippen LogP contribution in [-0.2, 0) is 9.47 Å². The van der Waals surface area contributed by atoms with Crippen molar-refractivity contribution in [1.29, 1.82) is 0 Å². The minimum Gasteiger partial charge on any atom is -0.462 e. The Kier molecular flexibility index (Phi) is 5.28. The zero-order valence-electron chi connectivity index (χ0n) is 19.5. The van der Waals surface area contributed by atoms with E-state index in [0.717, 1.165) is 33.5 Å². The average molecular weight is 459 g/mol. The first-order valence-corrected chi connectivity index (χ1v) is 11.3. The summed E-state index contributed by atoms with van der Waals surface area (Å²) < 4.78 is 10.9. The molecule has 0 fully saturated rings. The Hall–Kier alpha value is -4.20. The van der Waals surface area contributed by atoms with E-state index in [-0.39, 0.29) is 13.2 Å². The molecule has 8 heteroatoms. The highest BCUT2D eigenvalue weighted by Gasteiger charge is 2.31. The van der Waals surface area contributed by atoms with Gasteiger partial charge in [-0.05, 0) is 63.1 Å². The lowest BCUT2D eigenvalue weighted by Gasteiger charge is -2.21. The second-order valence-electron chi connectivity index (χ2n) is 8.17. The molecule has 5 rings (SSSR count). The Balaban J connectivity index is 1.87. The van der Waals surface area contributed by atoms with Crippen LogP contribution in [0.15, 0.2) is 36.7 Å². The number of benzene rings is 1. The van der Waals surface area contributed by atoms with Gasteiger partial charge in [-0.15, -0.1) is 0 Å². The van der Waals surface area contributed by atoms with Gasteiger partial charge in [0.25, 0.3) is 0 Å². The summed E-state index contributed by atoms with van der Waals surface area (Å²) in [5, 5.41) is 0. The number of hydrogen-bond donors (Lipinski definition) is 4. The first-order chi connectivity index (χ1) is 16.4. The SMILES string of the molecule is CCOC(=O)c1c(C)c(-c2cc3[nH]ccc3[nH]2)c(C(=O)OCC)c(C)c1-c1cc2[nH]ccc2[nH]1. The molecule has 1 aromatic carbocycles.